The average Bonchev–Trinajstić information content (AvgIpc) is 2.37. The third-order valence-corrected chi connectivity index (χ3v) is 2.81. The molecule has 0 amide bonds. The molecule has 0 aromatic heterocycles. The van der Waals surface area contributed by atoms with E-state index >= 15 is 0 Å². The second-order valence-corrected chi connectivity index (χ2v) is 4.46. The minimum absolute atomic E-state index is 0.259. The van der Waals surface area contributed by atoms with Crippen molar-refractivity contribution in [1.29, 1.82) is 0 Å². The Kier molecular flexibility index (Phi) is 7.19. The van der Waals surface area contributed by atoms with Gasteiger partial charge < -0.3 is 10.1 Å². The molecule has 0 saturated carbocycles. The van der Waals surface area contributed by atoms with E-state index in [4.69, 9.17) is 4.74 Å². The summed E-state index contributed by atoms with van der Waals surface area (Å²) < 4.78 is 6.00. The fourth-order valence-electron chi connectivity index (χ4n) is 1.87. The van der Waals surface area contributed by atoms with Crippen molar-refractivity contribution in [2.75, 3.05) is 13.1 Å². The normalized spacial score (nSPS) is 12.8. The van der Waals surface area contributed by atoms with Crippen molar-refractivity contribution in [2.24, 2.45) is 0 Å². The van der Waals surface area contributed by atoms with Crippen molar-refractivity contribution in [2.45, 2.75) is 39.7 Å². The first-order valence-electron chi connectivity index (χ1n) is 6.87. The van der Waals surface area contributed by atoms with Crippen molar-refractivity contribution in [3.8, 4) is 5.75 Å². The smallest absolute Gasteiger partial charge is 0.126 e. The van der Waals surface area contributed by atoms with Gasteiger partial charge in [-0.1, -0.05) is 37.3 Å². The van der Waals surface area contributed by atoms with Crippen molar-refractivity contribution >= 4 is 6.08 Å². The van der Waals surface area contributed by atoms with E-state index in [0.29, 0.717) is 0 Å². The third kappa shape index (κ3) is 5.37. The molecular weight excluding hydrogens is 222 g/mol. The second kappa shape index (κ2) is 8.76. The molecule has 2 heteroatoms. The summed E-state index contributed by atoms with van der Waals surface area (Å²) in [5, 5.41) is 3.33. The second-order valence-electron chi connectivity index (χ2n) is 4.46. The van der Waals surface area contributed by atoms with Crippen LogP contribution in [-0.4, -0.2) is 19.2 Å². The van der Waals surface area contributed by atoms with Crippen LogP contribution in [0, 0.1) is 0 Å². The van der Waals surface area contributed by atoms with Crippen LogP contribution in [0.3, 0.4) is 0 Å². The highest BCUT2D eigenvalue weighted by Crippen LogP contribution is 2.21. The van der Waals surface area contributed by atoms with E-state index in [-0.39, 0.29) is 6.10 Å². The predicted molar refractivity (Wildman–Crippen MR) is 79.0 cm³/mol. The summed E-state index contributed by atoms with van der Waals surface area (Å²) >= 11 is 0. The topological polar surface area (TPSA) is 21.3 Å². The largest absolute Gasteiger partial charge is 0.490 e. The molecule has 0 radical (unpaired) electrons. The number of benzene rings is 1. The highest BCUT2D eigenvalue weighted by atomic mass is 16.5. The lowest BCUT2D eigenvalue weighted by Gasteiger charge is -2.16. The maximum atomic E-state index is 6.00. The maximum absolute atomic E-state index is 6.00. The Morgan fingerprint density at radius 1 is 1.33 bits per heavy atom. The summed E-state index contributed by atoms with van der Waals surface area (Å²) in [6.45, 7) is 8.41. The van der Waals surface area contributed by atoms with Gasteiger partial charge in [0.2, 0.25) is 0 Å². The van der Waals surface area contributed by atoms with Crippen molar-refractivity contribution < 1.29 is 4.74 Å². The van der Waals surface area contributed by atoms with E-state index in [9.17, 15) is 0 Å². The fraction of sp³-hybridized carbons (Fsp3) is 0.500. The molecule has 0 aliphatic carbocycles. The summed E-state index contributed by atoms with van der Waals surface area (Å²) in [4.78, 5) is 0. The summed E-state index contributed by atoms with van der Waals surface area (Å²) in [5.41, 5.74) is 1.15. The Morgan fingerprint density at radius 3 is 2.83 bits per heavy atom. The van der Waals surface area contributed by atoms with Crippen LogP contribution in [0.4, 0.5) is 0 Å². The van der Waals surface area contributed by atoms with Crippen molar-refractivity contribution in [3.05, 3.63) is 35.9 Å². The zero-order valence-corrected chi connectivity index (χ0v) is 11.8. The zero-order valence-electron chi connectivity index (χ0n) is 11.8. The monoisotopic (exact) mass is 247 g/mol. The minimum Gasteiger partial charge on any atom is -0.490 e. The van der Waals surface area contributed by atoms with Gasteiger partial charge in [0.25, 0.3) is 0 Å². The Labute approximate surface area is 111 Å². The van der Waals surface area contributed by atoms with Crippen molar-refractivity contribution in [3.63, 3.8) is 0 Å². The third-order valence-electron chi connectivity index (χ3n) is 2.81. The van der Waals surface area contributed by atoms with Crippen LogP contribution >= 0.6 is 0 Å². The van der Waals surface area contributed by atoms with Gasteiger partial charge in [0, 0.05) is 5.56 Å². The van der Waals surface area contributed by atoms with E-state index < -0.39 is 0 Å². The van der Waals surface area contributed by atoms with Crippen LogP contribution in [0.25, 0.3) is 6.08 Å². The molecule has 0 spiro atoms. The number of allylic oxidation sites excluding steroid dienone is 1. The highest BCUT2D eigenvalue weighted by molar-refractivity contribution is 5.56. The molecule has 0 saturated heterocycles. The van der Waals surface area contributed by atoms with Gasteiger partial charge in [-0.25, -0.2) is 0 Å². The van der Waals surface area contributed by atoms with Gasteiger partial charge >= 0.3 is 0 Å². The first-order chi connectivity index (χ1) is 8.77. The molecule has 18 heavy (non-hydrogen) atoms. The standard InChI is InChI=1S/C16H25NO/c1-4-9-15-11-6-7-12-16(15)18-14(3)10-8-13-17-5-2/h4,6-7,9,11-12,14,17H,5,8,10,13H2,1-3H3. The molecule has 1 rings (SSSR count). The van der Waals surface area contributed by atoms with Crippen LogP contribution in [0.2, 0.25) is 0 Å². The lowest BCUT2D eigenvalue weighted by Crippen LogP contribution is -2.18. The van der Waals surface area contributed by atoms with Gasteiger partial charge in [0.15, 0.2) is 0 Å². The molecule has 1 atom stereocenters. The van der Waals surface area contributed by atoms with E-state index in [2.05, 4.69) is 31.3 Å². The Balaban J connectivity index is 2.45. The van der Waals surface area contributed by atoms with Crippen LogP contribution < -0.4 is 10.1 Å². The van der Waals surface area contributed by atoms with Crippen LogP contribution in [0.5, 0.6) is 5.75 Å². The summed E-state index contributed by atoms with van der Waals surface area (Å²) in [5.74, 6) is 0.978. The molecule has 0 aliphatic heterocycles. The van der Waals surface area contributed by atoms with Gasteiger partial charge in [-0.05, 0) is 45.8 Å². The number of hydrogen-bond donors (Lipinski definition) is 1. The average molecular weight is 247 g/mol. The van der Waals surface area contributed by atoms with E-state index in [1.54, 1.807) is 0 Å². The molecule has 0 bridgehead atoms. The SMILES string of the molecule is CC=Cc1ccccc1OC(C)CCCNCC. The van der Waals surface area contributed by atoms with Crippen molar-refractivity contribution in [1.82, 2.24) is 5.32 Å². The molecule has 1 aromatic carbocycles. The number of rotatable bonds is 8. The van der Waals surface area contributed by atoms with Gasteiger partial charge in [-0.3, -0.25) is 0 Å². The van der Waals surface area contributed by atoms with Gasteiger partial charge in [-0.15, -0.1) is 0 Å². The zero-order chi connectivity index (χ0) is 13.2. The minimum atomic E-state index is 0.259. The van der Waals surface area contributed by atoms with Crippen LogP contribution in [-0.2, 0) is 0 Å². The van der Waals surface area contributed by atoms with E-state index in [0.717, 1.165) is 37.2 Å². The molecule has 2 nitrogen and oxygen atoms in total. The molecule has 100 valence electrons. The molecule has 1 unspecified atom stereocenters. The summed E-state index contributed by atoms with van der Waals surface area (Å²) in [6, 6.07) is 8.18. The van der Waals surface area contributed by atoms with Gasteiger partial charge in [-0.2, -0.15) is 0 Å². The molecule has 1 aromatic rings. The summed E-state index contributed by atoms with van der Waals surface area (Å²) in [6.07, 6.45) is 6.62. The predicted octanol–water partition coefficient (Wildman–Crippen LogP) is 3.88. The Bertz CT molecular complexity index is 360. The van der Waals surface area contributed by atoms with Crippen LogP contribution in [0.1, 0.15) is 39.2 Å². The van der Waals surface area contributed by atoms with Crippen LogP contribution in [0.15, 0.2) is 30.3 Å². The molecule has 1 N–H and O–H groups in total. The Morgan fingerprint density at radius 2 is 2.11 bits per heavy atom. The van der Waals surface area contributed by atoms with E-state index in [1.807, 2.05) is 31.2 Å². The Hall–Kier alpha value is -1.28. The lowest BCUT2D eigenvalue weighted by molar-refractivity contribution is 0.207. The van der Waals surface area contributed by atoms with Gasteiger partial charge in [0.1, 0.15) is 5.75 Å². The summed E-state index contributed by atoms with van der Waals surface area (Å²) in [7, 11) is 0. The highest BCUT2D eigenvalue weighted by Gasteiger charge is 2.06. The number of para-hydroxylation sites is 1. The number of nitrogens with one attached hydrogen (secondary N) is 1. The maximum Gasteiger partial charge on any atom is 0.126 e. The number of hydrogen-bond acceptors (Lipinski definition) is 2. The first kappa shape index (κ1) is 14.8. The molecule has 0 aliphatic rings. The first-order valence-corrected chi connectivity index (χ1v) is 6.87. The lowest BCUT2D eigenvalue weighted by atomic mass is 10.1. The molecule has 0 fully saturated rings. The molecular formula is C16H25NO. The molecule has 0 heterocycles. The van der Waals surface area contributed by atoms with Gasteiger partial charge in [0.05, 0.1) is 6.10 Å². The fourth-order valence-corrected chi connectivity index (χ4v) is 1.87. The van der Waals surface area contributed by atoms with E-state index in [1.165, 1.54) is 0 Å². The number of ether oxygens (including phenoxy) is 1. The quantitative estimate of drug-likeness (QED) is 0.704.